The Labute approximate surface area is 137 Å². The average Bonchev–Trinajstić information content (AvgIpc) is 2.90. The van der Waals surface area contributed by atoms with Crippen LogP contribution in [0.2, 0.25) is 0 Å². The molecule has 116 valence electrons. The largest absolute Gasteiger partial charge is 0.337 e. The van der Waals surface area contributed by atoms with E-state index in [1.54, 1.807) is 11.8 Å². The molecule has 3 unspecified atom stereocenters. The van der Waals surface area contributed by atoms with Crippen LogP contribution in [0.5, 0.6) is 0 Å². The van der Waals surface area contributed by atoms with Gasteiger partial charge in [-0.15, -0.1) is 24.2 Å². The standard InChI is InChI=1S/C16H22N2OS.ClH/c1-11(17)13-7-4-5-9-18(13)16(19)15-10-12-6-2-3-8-14(12)20-15;/h2-3,6,8,11,13,15H,4-5,7,9-10,17H2,1H3;1H. The highest BCUT2D eigenvalue weighted by atomic mass is 35.5. The van der Waals surface area contributed by atoms with Crippen molar-refractivity contribution in [3.63, 3.8) is 0 Å². The van der Waals surface area contributed by atoms with Crippen molar-refractivity contribution in [2.75, 3.05) is 6.54 Å². The molecule has 3 atom stereocenters. The first-order valence-corrected chi connectivity index (χ1v) is 8.35. The molecule has 0 aromatic heterocycles. The van der Waals surface area contributed by atoms with E-state index in [0.29, 0.717) is 0 Å². The summed E-state index contributed by atoms with van der Waals surface area (Å²) in [5, 5.41) is 0.0479. The number of fused-ring (bicyclic) bond motifs is 1. The number of piperidine rings is 1. The van der Waals surface area contributed by atoms with Gasteiger partial charge in [0.15, 0.2) is 0 Å². The second-order valence-corrected chi connectivity index (χ2v) is 7.12. The molecule has 1 fully saturated rings. The smallest absolute Gasteiger partial charge is 0.236 e. The Balaban J connectivity index is 0.00000161. The number of likely N-dealkylation sites (tertiary alicyclic amines) is 1. The number of thioether (sulfide) groups is 1. The van der Waals surface area contributed by atoms with E-state index in [-0.39, 0.29) is 35.6 Å². The molecule has 1 saturated heterocycles. The monoisotopic (exact) mass is 326 g/mol. The van der Waals surface area contributed by atoms with Crippen molar-refractivity contribution >= 4 is 30.1 Å². The Hall–Kier alpha value is -0.710. The number of benzene rings is 1. The van der Waals surface area contributed by atoms with Crippen molar-refractivity contribution in [1.29, 1.82) is 0 Å². The first kappa shape index (κ1) is 16.7. The van der Waals surface area contributed by atoms with Gasteiger partial charge >= 0.3 is 0 Å². The second kappa shape index (κ2) is 7.03. The normalized spacial score (nSPS) is 25.9. The predicted octanol–water partition coefficient (Wildman–Crippen LogP) is 2.85. The number of rotatable bonds is 2. The number of nitrogens with two attached hydrogens (primary N) is 1. The summed E-state index contributed by atoms with van der Waals surface area (Å²) in [5.74, 6) is 0.285. The Bertz CT molecular complexity index is 484. The molecular formula is C16H23ClN2OS. The average molecular weight is 327 g/mol. The maximum Gasteiger partial charge on any atom is 0.236 e. The van der Waals surface area contributed by atoms with E-state index in [0.717, 1.165) is 25.8 Å². The Morgan fingerprint density at radius 3 is 2.86 bits per heavy atom. The molecule has 2 aliphatic heterocycles. The highest BCUT2D eigenvalue weighted by Crippen LogP contribution is 2.38. The number of nitrogens with zero attached hydrogens (tertiary/aromatic N) is 1. The molecule has 5 heteroatoms. The van der Waals surface area contributed by atoms with E-state index in [4.69, 9.17) is 5.73 Å². The molecule has 2 aliphatic rings. The van der Waals surface area contributed by atoms with Crippen molar-refractivity contribution in [2.24, 2.45) is 5.73 Å². The lowest BCUT2D eigenvalue weighted by atomic mass is 9.96. The Kier molecular flexibility index (Phi) is 5.58. The van der Waals surface area contributed by atoms with Crippen LogP contribution in [0.15, 0.2) is 29.2 Å². The van der Waals surface area contributed by atoms with Gasteiger partial charge in [0, 0.05) is 23.5 Å². The van der Waals surface area contributed by atoms with Gasteiger partial charge in [-0.05, 0) is 44.2 Å². The number of hydrogen-bond acceptors (Lipinski definition) is 3. The summed E-state index contributed by atoms with van der Waals surface area (Å²) >= 11 is 1.72. The maximum absolute atomic E-state index is 12.8. The minimum absolute atomic E-state index is 0. The van der Waals surface area contributed by atoms with Gasteiger partial charge in [-0.3, -0.25) is 4.79 Å². The van der Waals surface area contributed by atoms with Gasteiger partial charge < -0.3 is 10.6 Å². The summed E-state index contributed by atoms with van der Waals surface area (Å²) in [6, 6.07) is 8.64. The fourth-order valence-corrected chi connectivity index (χ4v) is 4.55. The van der Waals surface area contributed by atoms with Crippen molar-refractivity contribution in [2.45, 2.75) is 54.8 Å². The van der Waals surface area contributed by atoms with E-state index in [9.17, 15) is 4.79 Å². The second-order valence-electron chi connectivity index (χ2n) is 5.87. The molecule has 2 N–H and O–H groups in total. The van der Waals surface area contributed by atoms with E-state index in [1.807, 2.05) is 13.0 Å². The maximum atomic E-state index is 12.8. The highest BCUT2D eigenvalue weighted by Gasteiger charge is 2.36. The van der Waals surface area contributed by atoms with Crippen molar-refractivity contribution in [3.8, 4) is 0 Å². The third-order valence-corrected chi connectivity index (χ3v) is 5.67. The molecule has 3 rings (SSSR count). The van der Waals surface area contributed by atoms with Gasteiger partial charge in [0.2, 0.25) is 5.91 Å². The summed E-state index contributed by atoms with van der Waals surface area (Å²) in [5.41, 5.74) is 7.39. The molecule has 0 aliphatic carbocycles. The minimum Gasteiger partial charge on any atom is -0.337 e. The van der Waals surface area contributed by atoms with Crippen LogP contribution in [-0.2, 0) is 11.2 Å². The summed E-state index contributed by atoms with van der Waals surface area (Å²) in [6.07, 6.45) is 4.21. The molecule has 0 bridgehead atoms. The van der Waals surface area contributed by atoms with Crippen LogP contribution >= 0.6 is 24.2 Å². The zero-order chi connectivity index (χ0) is 14.1. The van der Waals surface area contributed by atoms with E-state index < -0.39 is 0 Å². The summed E-state index contributed by atoms with van der Waals surface area (Å²) < 4.78 is 0. The van der Waals surface area contributed by atoms with Crippen LogP contribution in [0.25, 0.3) is 0 Å². The van der Waals surface area contributed by atoms with Crippen LogP contribution in [-0.4, -0.2) is 34.7 Å². The lowest BCUT2D eigenvalue weighted by Crippen LogP contribution is -2.53. The molecule has 0 spiro atoms. The van der Waals surface area contributed by atoms with Crippen LogP contribution < -0.4 is 5.73 Å². The molecule has 1 amide bonds. The van der Waals surface area contributed by atoms with Crippen molar-refractivity contribution < 1.29 is 4.79 Å². The lowest BCUT2D eigenvalue weighted by molar-refractivity contribution is -0.134. The van der Waals surface area contributed by atoms with E-state index >= 15 is 0 Å². The predicted molar refractivity (Wildman–Crippen MR) is 90.0 cm³/mol. The molecule has 1 aromatic carbocycles. The van der Waals surface area contributed by atoms with E-state index in [1.165, 1.54) is 16.9 Å². The van der Waals surface area contributed by atoms with Gasteiger partial charge in [0.05, 0.1) is 5.25 Å². The molecule has 2 heterocycles. The molecule has 0 saturated carbocycles. The van der Waals surface area contributed by atoms with Crippen LogP contribution in [0.1, 0.15) is 31.7 Å². The molecule has 3 nitrogen and oxygen atoms in total. The quantitative estimate of drug-likeness (QED) is 0.909. The SMILES string of the molecule is CC(N)C1CCCCN1C(=O)C1Cc2ccccc2S1.Cl. The minimum atomic E-state index is 0. The van der Waals surface area contributed by atoms with Gasteiger partial charge in [0.25, 0.3) is 0 Å². The van der Waals surface area contributed by atoms with Gasteiger partial charge in [-0.2, -0.15) is 0 Å². The summed E-state index contributed by atoms with van der Waals surface area (Å²) in [4.78, 5) is 16.2. The van der Waals surface area contributed by atoms with Crippen molar-refractivity contribution in [1.82, 2.24) is 4.90 Å². The van der Waals surface area contributed by atoms with Gasteiger partial charge in [0.1, 0.15) is 0 Å². The summed E-state index contributed by atoms with van der Waals surface area (Å²) in [7, 11) is 0. The number of carbonyl (C=O) groups excluding carboxylic acids is 1. The third-order valence-electron chi connectivity index (χ3n) is 4.36. The Morgan fingerprint density at radius 2 is 2.14 bits per heavy atom. The summed E-state index contributed by atoms with van der Waals surface area (Å²) in [6.45, 7) is 2.89. The fourth-order valence-electron chi connectivity index (χ4n) is 3.28. The lowest BCUT2D eigenvalue weighted by Gasteiger charge is -2.39. The number of amides is 1. The number of carbonyl (C=O) groups is 1. The number of hydrogen-bond donors (Lipinski definition) is 1. The topological polar surface area (TPSA) is 46.3 Å². The van der Waals surface area contributed by atoms with Crippen LogP contribution in [0.4, 0.5) is 0 Å². The van der Waals surface area contributed by atoms with Gasteiger partial charge in [-0.1, -0.05) is 18.2 Å². The fraction of sp³-hybridized carbons (Fsp3) is 0.562. The Morgan fingerprint density at radius 1 is 1.38 bits per heavy atom. The van der Waals surface area contributed by atoms with Crippen LogP contribution in [0.3, 0.4) is 0 Å². The highest BCUT2D eigenvalue weighted by molar-refractivity contribution is 8.01. The van der Waals surface area contributed by atoms with Crippen LogP contribution in [0, 0.1) is 0 Å². The molecule has 0 radical (unpaired) electrons. The third kappa shape index (κ3) is 3.38. The number of halogens is 1. The van der Waals surface area contributed by atoms with E-state index in [2.05, 4.69) is 23.1 Å². The molecule has 21 heavy (non-hydrogen) atoms. The van der Waals surface area contributed by atoms with Gasteiger partial charge in [-0.25, -0.2) is 0 Å². The first-order chi connectivity index (χ1) is 9.66. The zero-order valence-electron chi connectivity index (χ0n) is 12.3. The van der Waals surface area contributed by atoms with Crippen molar-refractivity contribution in [3.05, 3.63) is 29.8 Å². The first-order valence-electron chi connectivity index (χ1n) is 7.47. The molecule has 1 aromatic rings. The molecular weight excluding hydrogens is 304 g/mol. The zero-order valence-corrected chi connectivity index (χ0v) is 14.0.